The molecule has 2 nitrogen and oxygen atoms in total. The van der Waals surface area contributed by atoms with Gasteiger partial charge in [-0.1, -0.05) is 6.07 Å². The number of methoxy groups -OCH3 is 1. The fourth-order valence-electron chi connectivity index (χ4n) is 0.740. The van der Waals surface area contributed by atoms with E-state index in [1.54, 1.807) is 0 Å². The number of ether oxygens (including phenoxy) is 2. The Balaban J connectivity index is 0. The summed E-state index contributed by atoms with van der Waals surface area (Å²) in [6.45, 7) is 0. The van der Waals surface area contributed by atoms with Crippen LogP contribution in [-0.2, 0) is 0 Å². The summed E-state index contributed by atoms with van der Waals surface area (Å²) >= 11 is 0. The van der Waals surface area contributed by atoms with Crippen LogP contribution in [0.1, 0.15) is 0 Å². The molecule has 0 saturated carbocycles. The molecule has 0 radical (unpaired) electrons. The van der Waals surface area contributed by atoms with Crippen LogP contribution in [0.2, 0.25) is 0 Å². The molecule has 0 unspecified atom stereocenters. The topological polar surface area (TPSA) is 18.5 Å². The third-order valence-electron chi connectivity index (χ3n) is 1.20. The number of alkyl halides is 3. The second-order valence-electron chi connectivity index (χ2n) is 2.14. The molecule has 1 aromatic rings. The monoisotopic (exact) mass is 294 g/mol. The van der Waals surface area contributed by atoms with Crippen LogP contribution >= 0.6 is 0 Å². The molecule has 1 rings (SSSR count). The van der Waals surface area contributed by atoms with E-state index in [-0.39, 0.29) is 51.5 Å². The molecule has 0 N–H and O–H groups in total. The largest absolute Gasteiger partial charge is 2.00 e. The van der Waals surface area contributed by atoms with E-state index in [2.05, 4.69) is 15.5 Å². The van der Waals surface area contributed by atoms with Crippen molar-refractivity contribution in [3.05, 3.63) is 24.3 Å². The first-order chi connectivity index (χ1) is 6.01. The smallest absolute Gasteiger partial charge is 1.00 e. The molecule has 15 heavy (non-hydrogen) atoms. The zero-order chi connectivity index (χ0) is 9.90. The van der Waals surface area contributed by atoms with Crippen LogP contribution in [0.3, 0.4) is 0 Å². The van der Waals surface area contributed by atoms with Gasteiger partial charge in [0.05, 0.1) is 7.11 Å². The molecule has 0 aromatic heterocycles. The quantitative estimate of drug-likeness (QED) is 0.516. The van der Waals surface area contributed by atoms with Gasteiger partial charge in [0.15, 0.2) is 0 Å². The first kappa shape index (κ1) is 17.3. The average Bonchev–Trinajstić information content (AvgIpc) is 2.01. The Morgan fingerprint density at radius 1 is 1.33 bits per heavy atom. The molecule has 80 valence electrons. The zero-order valence-corrected chi connectivity index (χ0v) is 10.8. The van der Waals surface area contributed by atoms with Crippen molar-refractivity contribution in [3.63, 3.8) is 0 Å². The maximum absolute atomic E-state index is 11.7. The number of rotatable bonds is 2. The first-order valence-electron chi connectivity index (χ1n) is 3.33. The molecular weight excluding hydrogens is 289 g/mol. The van der Waals surface area contributed by atoms with Gasteiger partial charge in [-0.25, -0.2) is 0 Å². The summed E-state index contributed by atoms with van der Waals surface area (Å²) in [5.74, 6) is -0.121. The van der Waals surface area contributed by atoms with Gasteiger partial charge in [0.2, 0.25) is 0 Å². The Morgan fingerprint density at radius 2 is 1.93 bits per heavy atom. The van der Waals surface area contributed by atoms with E-state index in [0.717, 1.165) is 12.1 Å². The van der Waals surface area contributed by atoms with E-state index < -0.39 is 6.36 Å². The minimum atomic E-state index is -4.67. The van der Waals surface area contributed by atoms with E-state index in [9.17, 15) is 13.2 Å². The van der Waals surface area contributed by atoms with Crippen molar-refractivity contribution in [3.8, 4) is 11.5 Å². The Labute approximate surface area is 112 Å². The molecule has 0 saturated heterocycles. The van der Waals surface area contributed by atoms with Crippen LogP contribution in [0.4, 0.5) is 13.2 Å². The first-order valence-corrected chi connectivity index (χ1v) is 3.33. The van der Waals surface area contributed by atoms with Gasteiger partial charge in [0, 0.05) is 11.5 Å². The number of benzene rings is 1. The fraction of sp³-hybridized carbons (Fsp3) is 0.250. The predicted molar refractivity (Wildman–Crippen MR) is 44.3 cm³/mol. The molecule has 1 aromatic carbocycles. The van der Waals surface area contributed by atoms with Crippen molar-refractivity contribution >= 4 is 23.1 Å². The standard InChI is InChI=1S/C8H6F3O2.BrH.Mg/c1-12-6-3-2-4-7(5-6)13-8(9,10)11;;/h2,4-5H,1H3;1H;/q-1;;+2/p-1. The van der Waals surface area contributed by atoms with Gasteiger partial charge in [0.25, 0.3) is 0 Å². The normalized spacial score (nSPS) is 9.60. The van der Waals surface area contributed by atoms with Gasteiger partial charge in [0.1, 0.15) is 0 Å². The Morgan fingerprint density at radius 3 is 2.40 bits per heavy atom. The molecule has 0 aliphatic carbocycles. The summed E-state index contributed by atoms with van der Waals surface area (Å²) < 4.78 is 43.4. The Bertz CT molecular complexity index is 293. The van der Waals surface area contributed by atoms with Crippen LogP contribution in [0.15, 0.2) is 18.2 Å². The van der Waals surface area contributed by atoms with Crippen molar-refractivity contribution in [2.45, 2.75) is 6.36 Å². The van der Waals surface area contributed by atoms with Gasteiger partial charge in [-0.2, -0.15) is 6.07 Å². The molecule has 0 spiro atoms. The van der Waals surface area contributed by atoms with Crippen molar-refractivity contribution < 1.29 is 39.6 Å². The second-order valence-corrected chi connectivity index (χ2v) is 2.14. The number of hydrogen-bond acceptors (Lipinski definition) is 2. The van der Waals surface area contributed by atoms with E-state index >= 15 is 0 Å². The molecular formula is C8H6BrF3MgO2. The molecule has 0 aliphatic rings. The van der Waals surface area contributed by atoms with Gasteiger partial charge in [-0.15, -0.1) is 25.3 Å². The number of halogens is 4. The van der Waals surface area contributed by atoms with E-state index in [1.165, 1.54) is 13.2 Å². The predicted octanol–water partition coefficient (Wildman–Crippen LogP) is -0.983. The molecule has 0 aliphatic heterocycles. The molecule has 0 atom stereocenters. The minimum absolute atomic E-state index is 0. The number of hydrogen-bond donors (Lipinski definition) is 0. The summed E-state index contributed by atoms with van der Waals surface area (Å²) in [6.07, 6.45) is -4.67. The average molecular weight is 295 g/mol. The summed E-state index contributed by atoms with van der Waals surface area (Å²) in [6, 6.07) is 6.12. The van der Waals surface area contributed by atoms with Crippen LogP contribution in [0.5, 0.6) is 11.5 Å². The third-order valence-corrected chi connectivity index (χ3v) is 1.20. The summed E-state index contributed by atoms with van der Waals surface area (Å²) in [7, 11) is 1.34. The van der Waals surface area contributed by atoms with Gasteiger partial charge >= 0.3 is 29.4 Å². The van der Waals surface area contributed by atoms with Crippen molar-refractivity contribution in [2.24, 2.45) is 0 Å². The molecule has 0 amide bonds. The van der Waals surface area contributed by atoms with Gasteiger partial charge in [-0.05, 0) is 0 Å². The van der Waals surface area contributed by atoms with Gasteiger partial charge < -0.3 is 26.5 Å². The molecule has 0 fully saturated rings. The van der Waals surface area contributed by atoms with Crippen LogP contribution < -0.4 is 26.5 Å². The van der Waals surface area contributed by atoms with Gasteiger partial charge in [-0.3, -0.25) is 0 Å². The molecule has 0 bridgehead atoms. The van der Waals surface area contributed by atoms with Crippen molar-refractivity contribution in [1.82, 2.24) is 0 Å². The third kappa shape index (κ3) is 6.86. The maximum Gasteiger partial charge on any atom is 2.00 e. The van der Waals surface area contributed by atoms with E-state index in [0.29, 0.717) is 0 Å². The van der Waals surface area contributed by atoms with E-state index in [4.69, 9.17) is 0 Å². The molecule has 7 heteroatoms. The Kier molecular flexibility index (Phi) is 8.26. The van der Waals surface area contributed by atoms with Crippen molar-refractivity contribution in [1.29, 1.82) is 0 Å². The van der Waals surface area contributed by atoms with Crippen LogP contribution in [0, 0.1) is 6.07 Å². The van der Waals surface area contributed by atoms with Crippen LogP contribution in [-0.4, -0.2) is 36.5 Å². The second kappa shape index (κ2) is 7.18. The SMILES string of the molecule is COc1[c-]ccc(OC(F)(F)F)c1.[Br-].[Mg+2]. The fourth-order valence-corrected chi connectivity index (χ4v) is 0.740. The minimum Gasteiger partial charge on any atom is -1.00 e. The summed E-state index contributed by atoms with van der Waals surface area (Å²) in [4.78, 5) is 0. The van der Waals surface area contributed by atoms with Crippen LogP contribution in [0.25, 0.3) is 0 Å². The maximum atomic E-state index is 11.7. The summed E-state index contributed by atoms with van der Waals surface area (Å²) in [5, 5.41) is 0. The van der Waals surface area contributed by atoms with Crippen molar-refractivity contribution in [2.75, 3.05) is 7.11 Å². The zero-order valence-electron chi connectivity index (χ0n) is 7.77. The Hall–Kier alpha value is -0.144. The summed E-state index contributed by atoms with van der Waals surface area (Å²) in [5.41, 5.74) is 0. The van der Waals surface area contributed by atoms with E-state index in [1.807, 2.05) is 0 Å². The molecule has 0 heterocycles.